The highest BCUT2D eigenvalue weighted by Crippen LogP contribution is 2.50. The molecule has 0 aromatic heterocycles. The number of hydrogen-bond acceptors (Lipinski definition) is 1. The smallest absolute Gasteiger partial charge is 0.228 e. The van der Waals surface area contributed by atoms with Gasteiger partial charge in [-0.2, -0.15) is 0 Å². The first-order chi connectivity index (χ1) is 8.15. The molecule has 0 atom stereocenters. The van der Waals surface area contributed by atoms with Crippen molar-refractivity contribution in [1.82, 2.24) is 0 Å². The van der Waals surface area contributed by atoms with Crippen LogP contribution in [0.2, 0.25) is 0 Å². The lowest BCUT2D eigenvalue weighted by Gasteiger charge is -2.42. The Bertz CT molecular complexity index is 263. The van der Waals surface area contributed by atoms with E-state index in [4.69, 9.17) is 11.6 Å². The highest BCUT2D eigenvalue weighted by Gasteiger charge is 2.46. The molecule has 0 unspecified atom stereocenters. The summed E-state index contributed by atoms with van der Waals surface area (Å²) in [7, 11) is 0. The zero-order chi connectivity index (χ0) is 12.3. The topological polar surface area (TPSA) is 17.1 Å². The first-order valence-electron chi connectivity index (χ1n) is 6.99. The van der Waals surface area contributed by atoms with E-state index in [1.165, 1.54) is 38.5 Å². The Kier molecular flexibility index (Phi) is 4.94. The first kappa shape index (κ1) is 13.9. The summed E-state index contributed by atoms with van der Waals surface area (Å²) in [5.74, 6) is 0.551. The van der Waals surface area contributed by atoms with Crippen molar-refractivity contribution in [3.63, 3.8) is 0 Å². The summed E-state index contributed by atoms with van der Waals surface area (Å²) in [6.45, 7) is 0. The molecule has 17 heavy (non-hydrogen) atoms. The number of carbonyl (C=O) groups excluding carboxylic acids is 1. The summed E-state index contributed by atoms with van der Waals surface area (Å²) in [6.07, 6.45) is 11.9. The van der Waals surface area contributed by atoms with Crippen molar-refractivity contribution in [3.05, 3.63) is 0 Å². The van der Waals surface area contributed by atoms with Gasteiger partial charge >= 0.3 is 0 Å². The van der Waals surface area contributed by atoms with Crippen molar-refractivity contribution in [3.8, 4) is 0 Å². The third-order valence-corrected chi connectivity index (χ3v) is 6.13. The molecule has 0 aromatic carbocycles. The highest BCUT2D eigenvalue weighted by atomic mass is 79.9. The predicted molar refractivity (Wildman–Crippen MR) is 75.7 cm³/mol. The van der Waals surface area contributed by atoms with E-state index < -0.39 is 0 Å². The molecule has 0 N–H and O–H groups in total. The van der Waals surface area contributed by atoms with Crippen LogP contribution in [0.4, 0.5) is 0 Å². The minimum atomic E-state index is -0.184. The quantitative estimate of drug-likeness (QED) is 0.395. The lowest BCUT2D eigenvalue weighted by atomic mass is 9.64. The van der Waals surface area contributed by atoms with Crippen LogP contribution >= 0.6 is 27.5 Å². The molecular weight excluding hydrogens is 300 g/mol. The maximum absolute atomic E-state index is 12.0. The van der Waals surface area contributed by atoms with Gasteiger partial charge in [0.15, 0.2) is 0 Å². The van der Waals surface area contributed by atoms with Crippen LogP contribution in [0, 0.1) is 11.3 Å². The average molecular weight is 322 g/mol. The minimum Gasteiger partial charge on any atom is -0.281 e. The van der Waals surface area contributed by atoms with Gasteiger partial charge in [0.2, 0.25) is 5.24 Å². The van der Waals surface area contributed by atoms with Crippen molar-refractivity contribution in [2.45, 2.75) is 69.0 Å². The maximum atomic E-state index is 12.0. The van der Waals surface area contributed by atoms with E-state index in [-0.39, 0.29) is 10.7 Å². The lowest BCUT2D eigenvalue weighted by molar-refractivity contribution is -0.126. The van der Waals surface area contributed by atoms with Gasteiger partial charge in [-0.3, -0.25) is 4.79 Å². The summed E-state index contributed by atoms with van der Waals surface area (Å²) >= 11 is 9.67. The molecule has 3 heteroatoms. The van der Waals surface area contributed by atoms with Crippen molar-refractivity contribution in [2.75, 3.05) is 0 Å². The molecule has 0 heterocycles. The number of alkyl halides is 1. The lowest BCUT2D eigenvalue weighted by Crippen LogP contribution is -2.40. The van der Waals surface area contributed by atoms with Gasteiger partial charge < -0.3 is 0 Å². The molecule has 0 saturated heterocycles. The summed E-state index contributed by atoms with van der Waals surface area (Å²) in [5, 5.41) is -0.0520. The van der Waals surface area contributed by atoms with Crippen LogP contribution in [-0.4, -0.2) is 10.1 Å². The summed E-state index contributed by atoms with van der Waals surface area (Å²) in [5.41, 5.74) is -0.184. The SMILES string of the molecule is O=C(Cl)C1(C2CCCCCC2)CCC(Br)CC1. The summed E-state index contributed by atoms with van der Waals surface area (Å²) in [6, 6.07) is 0. The van der Waals surface area contributed by atoms with Crippen molar-refractivity contribution < 1.29 is 4.79 Å². The molecule has 2 fully saturated rings. The monoisotopic (exact) mass is 320 g/mol. The van der Waals surface area contributed by atoms with Crippen molar-refractivity contribution in [1.29, 1.82) is 0 Å². The maximum Gasteiger partial charge on any atom is 0.228 e. The predicted octanol–water partition coefficient (Wildman–Crippen LogP) is 5.05. The van der Waals surface area contributed by atoms with Gasteiger partial charge in [0.1, 0.15) is 0 Å². The Balaban J connectivity index is 2.12. The Morgan fingerprint density at radius 2 is 1.53 bits per heavy atom. The number of hydrogen-bond donors (Lipinski definition) is 0. The number of rotatable bonds is 2. The average Bonchev–Trinajstić information content (AvgIpc) is 2.59. The molecule has 0 bridgehead atoms. The molecule has 0 spiro atoms. The van der Waals surface area contributed by atoms with Gasteiger partial charge in [0.05, 0.1) is 0 Å². The van der Waals surface area contributed by atoms with E-state index in [1.807, 2.05) is 0 Å². The van der Waals surface area contributed by atoms with E-state index in [0.717, 1.165) is 25.7 Å². The number of carbonyl (C=O) groups is 1. The van der Waals surface area contributed by atoms with Gasteiger partial charge in [-0.15, -0.1) is 0 Å². The minimum absolute atomic E-state index is 0.0520. The molecule has 98 valence electrons. The Morgan fingerprint density at radius 3 is 2.00 bits per heavy atom. The van der Waals surface area contributed by atoms with Gasteiger partial charge in [-0.1, -0.05) is 41.6 Å². The van der Waals surface area contributed by atoms with Crippen LogP contribution in [0.1, 0.15) is 64.2 Å². The molecule has 0 aliphatic heterocycles. The van der Waals surface area contributed by atoms with Gasteiger partial charge in [-0.25, -0.2) is 0 Å². The second-order valence-corrected chi connectivity index (χ2v) is 7.43. The van der Waals surface area contributed by atoms with Crippen LogP contribution in [0.15, 0.2) is 0 Å². The van der Waals surface area contributed by atoms with Crippen LogP contribution in [-0.2, 0) is 4.79 Å². The molecule has 0 radical (unpaired) electrons. The fourth-order valence-electron chi connectivity index (χ4n) is 3.69. The normalized spacial score (nSPS) is 36.5. The molecular formula is C14H22BrClO. The van der Waals surface area contributed by atoms with E-state index in [1.54, 1.807) is 0 Å². The molecule has 0 amide bonds. The Morgan fingerprint density at radius 1 is 1.00 bits per heavy atom. The zero-order valence-electron chi connectivity index (χ0n) is 10.4. The second-order valence-electron chi connectivity index (χ2n) is 5.79. The molecule has 0 aromatic rings. The number of halogens is 2. The van der Waals surface area contributed by atoms with Gasteiger partial charge in [0.25, 0.3) is 0 Å². The van der Waals surface area contributed by atoms with E-state index in [2.05, 4.69) is 15.9 Å². The van der Waals surface area contributed by atoms with Gasteiger partial charge in [-0.05, 0) is 56.0 Å². The Hall–Kier alpha value is 0.440. The van der Waals surface area contributed by atoms with Crippen LogP contribution < -0.4 is 0 Å². The van der Waals surface area contributed by atoms with Gasteiger partial charge in [0, 0.05) is 10.2 Å². The molecule has 2 rings (SSSR count). The largest absolute Gasteiger partial charge is 0.281 e. The molecule has 2 aliphatic rings. The zero-order valence-corrected chi connectivity index (χ0v) is 12.7. The third kappa shape index (κ3) is 3.07. The van der Waals surface area contributed by atoms with E-state index >= 15 is 0 Å². The molecule has 2 aliphatic carbocycles. The van der Waals surface area contributed by atoms with Crippen molar-refractivity contribution in [2.24, 2.45) is 11.3 Å². The fourth-order valence-corrected chi connectivity index (χ4v) is 4.50. The van der Waals surface area contributed by atoms with Crippen molar-refractivity contribution >= 4 is 32.8 Å². The summed E-state index contributed by atoms with van der Waals surface area (Å²) in [4.78, 5) is 12.6. The molecule has 2 saturated carbocycles. The first-order valence-corrected chi connectivity index (χ1v) is 8.28. The fraction of sp³-hybridized carbons (Fsp3) is 0.929. The second kappa shape index (κ2) is 6.06. The van der Waals surface area contributed by atoms with E-state index in [9.17, 15) is 4.79 Å². The molecule has 1 nitrogen and oxygen atoms in total. The van der Waals surface area contributed by atoms with Crippen LogP contribution in [0.5, 0.6) is 0 Å². The Labute approximate surface area is 118 Å². The standard InChI is InChI=1S/C14H22BrClO/c15-12-7-9-14(10-8-12,13(16)17)11-5-3-1-2-4-6-11/h11-12H,1-10H2. The van der Waals surface area contributed by atoms with Crippen LogP contribution in [0.25, 0.3) is 0 Å². The summed E-state index contributed by atoms with van der Waals surface area (Å²) < 4.78 is 0. The highest BCUT2D eigenvalue weighted by molar-refractivity contribution is 9.09. The van der Waals surface area contributed by atoms with Crippen LogP contribution in [0.3, 0.4) is 0 Å². The third-order valence-electron chi connectivity index (χ3n) is 4.84. The van der Waals surface area contributed by atoms with E-state index in [0.29, 0.717) is 10.7 Å².